The number of rotatable bonds is 37. The number of amides is 4. The normalized spacial score (nSPS) is 15.2. The number of carboxylic acid groups (broad SMARTS) is 1. The van der Waals surface area contributed by atoms with Crippen molar-refractivity contribution in [2.24, 2.45) is 0 Å². The second-order valence-corrected chi connectivity index (χ2v) is 22.9. The van der Waals surface area contributed by atoms with Gasteiger partial charge in [-0.05, 0) is 89.5 Å². The molecule has 1 aliphatic rings. The third-order valence-electron chi connectivity index (χ3n) is 12.0. The number of aromatic nitrogens is 4. The fourth-order valence-electron chi connectivity index (χ4n) is 7.80. The quantitative estimate of drug-likeness (QED) is 0.0167. The lowest BCUT2D eigenvalue weighted by Gasteiger charge is -2.22. The van der Waals surface area contributed by atoms with Gasteiger partial charge in [-0.25, -0.2) is 14.8 Å². The molecule has 4 rings (SSSR count). The van der Waals surface area contributed by atoms with Gasteiger partial charge in [0.2, 0.25) is 23.7 Å². The zero-order valence-electron chi connectivity index (χ0n) is 42.5. The summed E-state index contributed by atoms with van der Waals surface area (Å²) in [7, 11) is 1.40. The Morgan fingerprint density at radius 2 is 1.60 bits per heavy atom. The van der Waals surface area contributed by atoms with E-state index >= 15 is 0 Å². The Labute approximate surface area is 436 Å². The molecule has 9 N–H and O–H groups in total. The van der Waals surface area contributed by atoms with Crippen LogP contribution < -0.4 is 32.6 Å². The van der Waals surface area contributed by atoms with E-state index in [0.29, 0.717) is 63.0 Å². The van der Waals surface area contributed by atoms with E-state index in [1.165, 1.54) is 50.4 Å². The second kappa shape index (κ2) is 33.1. The molecule has 404 valence electrons. The maximum absolute atomic E-state index is 13.1. The smallest absolute Gasteiger partial charge is 0.480 e. The number of aromatic amines is 1. The van der Waals surface area contributed by atoms with Crippen molar-refractivity contribution in [3.8, 4) is 0 Å². The number of likely N-dealkylation sites (tertiary alicyclic amines) is 1. The molecule has 4 amide bonds. The minimum absolute atomic E-state index is 0.0263. The summed E-state index contributed by atoms with van der Waals surface area (Å²) < 4.78 is 23.3. The van der Waals surface area contributed by atoms with Gasteiger partial charge in [-0.1, -0.05) is 73.5 Å². The molecular formula is C49H76N10O11PS2+. The van der Waals surface area contributed by atoms with Crippen molar-refractivity contribution in [3.05, 3.63) is 52.1 Å². The molecule has 1 aromatic carbocycles. The Bertz CT molecular complexity index is 2300. The van der Waals surface area contributed by atoms with Crippen molar-refractivity contribution < 1.29 is 47.8 Å². The van der Waals surface area contributed by atoms with Gasteiger partial charge in [-0.15, -0.1) is 9.05 Å². The van der Waals surface area contributed by atoms with Crippen LogP contribution >= 0.6 is 29.8 Å². The zero-order chi connectivity index (χ0) is 53.0. The molecule has 1 aliphatic heterocycles. The molecule has 1 fully saturated rings. The lowest BCUT2D eigenvalue weighted by molar-refractivity contribution is -0.139. The lowest BCUT2D eigenvalue weighted by Crippen LogP contribution is -2.41. The Hall–Kier alpha value is -4.93. The maximum Gasteiger partial charge on any atom is 0.697 e. The summed E-state index contributed by atoms with van der Waals surface area (Å²) in [5, 5.41) is 31.4. The van der Waals surface area contributed by atoms with Gasteiger partial charge in [0.25, 0.3) is 11.5 Å². The van der Waals surface area contributed by atoms with Gasteiger partial charge in [-0.2, -0.15) is 4.98 Å². The standard InChI is InChI=1S/C49H75N10O11PS2/c1-4-5-6-9-15-28-72-73-49(2,3)24-23-41(62)52-25-12-7-8-14-27-69-71(68)70-33-37-29-38(60)32-59(37)42(63)16-11-10-13-26-51-40(61)22-21-39(47(66)67)56-45(64)34-17-19-35(20-18-34)53-30-36-31-54-44-43(55-36)46(65)58-48(50)57-44/h17-20,31,37-39,60H,4-16,21-30,32-33H2,1-3H3,(H7-,50,51,52,53,54,56,57,58,61,62,64,65,66,67)/p+1/t37-,38+,39-/m0/s1. The number of carbonyl (C=O) groups excluding carboxylic acids is 4. The highest BCUT2D eigenvalue weighted by Crippen LogP contribution is 2.39. The zero-order valence-corrected chi connectivity index (χ0v) is 45.0. The van der Waals surface area contributed by atoms with E-state index in [-0.39, 0.29) is 90.7 Å². The van der Waals surface area contributed by atoms with Crippen LogP contribution in [-0.2, 0) is 39.3 Å². The molecule has 0 aliphatic carbocycles. The van der Waals surface area contributed by atoms with Crippen LogP contribution in [0.15, 0.2) is 35.3 Å². The highest BCUT2D eigenvalue weighted by atomic mass is 33.1. The molecule has 0 bridgehead atoms. The summed E-state index contributed by atoms with van der Waals surface area (Å²) in [5.74, 6) is -1.28. The largest absolute Gasteiger partial charge is 0.697 e. The van der Waals surface area contributed by atoms with Crippen molar-refractivity contribution in [1.29, 1.82) is 0 Å². The molecule has 0 saturated carbocycles. The number of benzene rings is 1. The van der Waals surface area contributed by atoms with E-state index in [9.17, 15) is 43.5 Å². The van der Waals surface area contributed by atoms with Crippen LogP contribution in [0, 0.1) is 0 Å². The number of H-pyrrole nitrogens is 1. The van der Waals surface area contributed by atoms with Crippen LogP contribution in [0.4, 0.5) is 11.6 Å². The molecule has 1 unspecified atom stereocenters. The second-order valence-electron chi connectivity index (χ2n) is 18.8. The number of nitrogens with two attached hydrogens (primary N) is 1. The number of carboxylic acids is 1. The number of aliphatic carboxylic acids is 1. The molecule has 0 radical (unpaired) electrons. The molecule has 73 heavy (non-hydrogen) atoms. The first-order valence-electron chi connectivity index (χ1n) is 25.5. The molecule has 4 atom stereocenters. The molecular weight excluding hydrogens is 1000 g/mol. The van der Waals surface area contributed by atoms with Gasteiger partial charge in [0.05, 0.1) is 30.6 Å². The van der Waals surface area contributed by atoms with E-state index in [1.54, 1.807) is 17.0 Å². The molecule has 1 saturated heterocycles. The van der Waals surface area contributed by atoms with Crippen molar-refractivity contribution in [3.63, 3.8) is 0 Å². The van der Waals surface area contributed by atoms with Crippen molar-refractivity contribution in [2.75, 3.05) is 49.7 Å². The van der Waals surface area contributed by atoms with Crippen LogP contribution in [-0.4, -0.2) is 126 Å². The van der Waals surface area contributed by atoms with Crippen molar-refractivity contribution in [2.45, 2.75) is 166 Å². The summed E-state index contributed by atoms with van der Waals surface area (Å²) in [6.07, 6.45) is 13.8. The number of β-amino-alcohol motifs (C(OH)–C–C–N with tert-alkyl or cyclic N) is 1. The number of hydrogen-bond donors (Lipinski definition) is 8. The molecule has 21 nitrogen and oxygen atoms in total. The number of aliphatic hydroxyl groups is 1. The van der Waals surface area contributed by atoms with Crippen LogP contribution in [0.25, 0.3) is 11.2 Å². The van der Waals surface area contributed by atoms with Gasteiger partial charge >= 0.3 is 14.2 Å². The molecule has 2 aromatic heterocycles. The number of fused-ring (bicyclic) bond motifs is 1. The van der Waals surface area contributed by atoms with Crippen LogP contribution in [0.2, 0.25) is 0 Å². The van der Waals surface area contributed by atoms with Crippen LogP contribution in [0.3, 0.4) is 0 Å². The maximum atomic E-state index is 13.1. The summed E-state index contributed by atoms with van der Waals surface area (Å²) in [6, 6.07) is 4.53. The van der Waals surface area contributed by atoms with Gasteiger partial charge in [0.15, 0.2) is 11.2 Å². The Morgan fingerprint density at radius 3 is 2.33 bits per heavy atom. The van der Waals surface area contributed by atoms with E-state index in [0.717, 1.165) is 31.4 Å². The fraction of sp³-hybridized carbons (Fsp3) is 0.653. The number of anilines is 2. The van der Waals surface area contributed by atoms with Gasteiger partial charge in [0, 0.05) is 65.2 Å². The molecule has 24 heteroatoms. The monoisotopic (exact) mass is 1080 g/mol. The average Bonchev–Trinajstić information content (AvgIpc) is 3.74. The van der Waals surface area contributed by atoms with Crippen molar-refractivity contribution in [1.82, 2.24) is 40.8 Å². The summed E-state index contributed by atoms with van der Waals surface area (Å²) in [4.78, 5) is 91.2. The van der Waals surface area contributed by atoms with Gasteiger partial charge in [-0.3, -0.25) is 29.0 Å². The van der Waals surface area contributed by atoms with Gasteiger partial charge < -0.3 is 42.1 Å². The topological polar surface area (TPSA) is 310 Å². The average molecular weight is 1080 g/mol. The van der Waals surface area contributed by atoms with Crippen LogP contribution in [0.1, 0.15) is 152 Å². The highest BCUT2D eigenvalue weighted by Gasteiger charge is 2.37. The third kappa shape index (κ3) is 23.9. The minimum atomic E-state index is -2.40. The van der Waals surface area contributed by atoms with E-state index in [4.69, 9.17) is 14.8 Å². The SMILES string of the molecule is CCCCCCCSSC(C)(C)CCC(=O)NCCCCCCO[P+](=O)OC[C@@H]1C[C@@H](O)CN1C(=O)CCCCCNC(=O)CC[C@H](NC(=O)c1ccc(NCc2cnc3nc(N)[nH]c(=O)c3n2)cc1)C(=O)O. The summed E-state index contributed by atoms with van der Waals surface area (Å²) in [5.41, 5.74) is 6.48. The van der Waals surface area contributed by atoms with E-state index in [2.05, 4.69) is 62.0 Å². The van der Waals surface area contributed by atoms with E-state index in [1.807, 2.05) is 21.6 Å². The van der Waals surface area contributed by atoms with Crippen molar-refractivity contribution >= 4 is 82.2 Å². The predicted molar refractivity (Wildman–Crippen MR) is 285 cm³/mol. The number of nitrogen functional groups attached to an aromatic ring is 1. The minimum Gasteiger partial charge on any atom is -0.480 e. The fourth-order valence-corrected chi connectivity index (χ4v) is 11.2. The molecule has 3 aromatic rings. The Balaban J connectivity index is 0.999. The Kier molecular flexibility index (Phi) is 27.5. The number of nitrogens with one attached hydrogen (secondary N) is 5. The number of carbonyl (C=O) groups is 5. The molecule has 3 heterocycles. The predicted octanol–water partition coefficient (Wildman–Crippen LogP) is 6.79. The highest BCUT2D eigenvalue weighted by molar-refractivity contribution is 8.77. The van der Waals surface area contributed by atoms with E-state index < -0.39 is 43.9 Å². The summed E-state index contributed by atoms with van der Waals surface area (Å²) in [6.45, 7) is 8.16. The number of hydrogen-bond acceptors (Lipinski definition) is 17. The third-order valence-corrected chi connectivity index (χ3v) is 16.2. The van der Waals surface area contributed by atoms with Crippen LogP contribution in [0.5, 0.6) is 0 Å². The Morgan fingerprint density at radius 1 is 0.918 bits per heavy atom. The first-order chi connectivity index (χ1) is 35.0. The van der Waals surface area contributed by atoms with Gasteiger partial charge in [0.1, 0.15) is 19.3 Å². The number of unbranched alkanes of at least 4 members (excludes halogenated alkanes) is 9. The number of nitrogens with zero attached hydrogens (tertiary/aromatic N) is 4. The lowest BCUT2D eigenvalue weighted by atomic mass is 10.1. The first-order valence-corrected chi connectivity index (χ1v) is 28.9. The first kappa shape index (κ1) is 60.6. The molecule has 0 spiro atoms. The number of aliphatic hydroxyl groups excluding tert-OH is 1. The summed E-state index contributed by atoms with van der Waals surface area (Å²) >= 11 is 0.